The Morgan fingerprint density at radius 3 is 2.59 bits per heavy atom. The molecule has 3 rings (SSSR count). The molecular weight excluding hydrogens is 392 g/mol. The molecule has 1 amide bonds. The van der Waals surface area contributed by atoms with Gasteiger partial charge in [0.05, 0.1) is 0 Å². The highest BCUT2D eigenvalue weighted by atomic mass is 32.2. The molecule has 0 aliphatic carbocycles. The van der Waals surface area contributed by atoms with Gasteiger partial charge in [0.25, 0.3) is 5.76 Å². The Bertz CT molecular complexity index is 903. The number of aromatic nitrogens is 4. The van der Waals surface area contributed by atoms with E-state index in [1.807, 2.05) is 6.07 Å². The van der Waals surface area contributed by atoms with Gasteiger partial charge in [0.1, 0.15) is 0 Å². The molecule has 0 spiro atoms. The number of rotatable bonds is 8. The van der Waals surface area contributed by atoms with E-state index in [1.165, 1.54) is 11.8 Å². The first-order chi connectivity index (χ1) is 13.0. The van der Waals surface area contributed by atoms with Crippen LogP contribution in [0.25, 0.3) is 17.1 Å². The molecule has 0 aliphatic heterocycles. The largest absolute Gasteiger partial charge is 0.370 e. The minimum Gasteiger partial charge on any atom is -0.370 e. The highest BCUT2D eigenvalue weighted by Gasteiger charge is 2.17. The van der Waals surface area contributed by atoms with E-state index in [0.29, 0.717) is 33.4 Å². The Morgan fingerprint density at radius 2 is 1.96 bits per heavy atom. The number of thioether (sulfide) groups is 2. The van der Waals surface area contributed by atoms with Crippen molar-refractivity contribution >= 4 is 29.4 Å². The van der Waals surface area contributed by atoms with Crippen molar-refractivity contribution in [1.29, 1.82) is 0 Å². The Morgan fingerprint density at radius 1 is 1.19 bits per heavy atom. The van der Waals surface area contributed by atoms with Crippen molar-refractivity contribution in [3.63, 3.8) is 0 Å². The minimum atomic E-state index is -2.48. The Hall–Kier alpha value is -2.46. The fourth-order valence-corrected chi connectivity index (χ4v) is 3.70. The van der Waals surface area contributed by atoms with Crippen LogP contribution in [-0.2, 0) is 4.79 Å². The molecule has 6 nitrogen and oxygen atoms in total. The number of nitrogens with two attached hydrogens (primary N) is 1. The first kappa shape index (κ1) is 19.3. The number of halogens is 2. The van der Waals surface area contributed by atoms with E-state index in [1.54, 1.807) is 47.3 Å². The summed E-state index contributed by atoms with van der Waals surface area (Å²) in [4.78, 5) is 15.6. The van der Waals surface area contributed by atoms with E-state index in [4.69, 9.17) is 5.73 Å². The molecule has 2 aromatic heterocycles. The first-order valence-corrected chi connectivity index (χ1v) is 9.73. The van der Waals surface area contributed by atoms with Crippen LogP contribution in [0, 0.1) is 0 Å². The summed E-state index contributed by atoms with van der Waals surface area (Å²) < 4.78 is 26.9. The van der Waals surface area contributed by atoms with Crippen molar-refractivity contribution in [3.05, 3.63) is 48.8 Å². The molecule has 140 valence electrons. The van der Waals surface area contributed by atoms with Crippen LogP contribution in [0.1, 0.15) is 6.42 Å². The van der Waals surface area contributed by atoms with Crippen LogP contribution >= 0.6 is 23.5 Å². The van der Waals surface area contributed by atoms with E-state index in [9.17, 15) is 13.6 Å². The molecule has 10 heteroatoms. The van der Waals surface area contributed by atoms with E-state index >= 15 is 0 Å². The van der Waals surface area contributed by atoms with Crippen LogP contribution in [0.15, 0.2) is 58.8 Å². The Balaban J connectivity index is 1.97. The number of carbonyl (C=O) groups is 1. The maximum absolute atomic E-state index is 12.5. The molecule has 2 heterocycles. The van der Waals surface area contributed by atoms with Gasteiger partial charge < -0.3 is 5.73 Å². The Labute approximate surface area is 162 Å². The second kappa shape index (κ2) is 8.96. The van der Waals surface area contributed by atoms with Gasteiger partial charge in [-0.2, -0.15) is 8.78 Å². The number of benzene rings is 1. The highest BCUT2D eigenvalue weighted by molar-refractivity contribution is 7.99. The standard InChI is InChI=1S/C17H15F2N5OS2/c18-16(19)27-13-5-3-12(4-6-13)24-15(11-2-1-8-21-10-11)22-23-17(24)26-9-7-14(20)25/h1-6,8,10,16H,7,9H2,(H2,20,25). The number of amides is 1. The summed E-state index contributed by atoms with van der Waals surface area (Å²) in [5.41, 5.74) is 6.67. The lowest BCUT2D eigenvalue weighted by molar-refractivity contribution is -0.117. The molecule has 0 fully saturated rings. The fourth-order valence-electron chi connectivity index (χ4n) is 2.30. The second-order valence-electron chi connectivity index (χ2n) is 5.32. The van der Waals surface area contributed by atoms with E-state index < -0.39 is 11.7 Å². The van der Waals surface area contributed by atoms with Crippen LogP contribution in [-0.4, -0.2) is 37.2 Å². The van der Waals surface area contributed by atoms with E-state index in [2.05, 4.69) is 15.2 Å². The zero-order valence-corrected chi connectivity index (χ0v) is 15.6. The topological polar surface area (TPSA) is 86.7 Å². The van der Waals surface area contributed by atoms with E-state index in [-0.39, 0.29) is 6.42 Å². The molecule has 3 aromatic rings. The summed E-state index contributed by atoms with van der Waals surface area (Å²) in [6, 6.07) is 10.3. The number of hydrogen-bond acceptors (Lipinski definition) is 6. The quantitative estimate of drug-likeness (QED) is 0.574. The third kappa shape index (κ3) is 5.04. The van der Waals surface area contributed by atoms with Crippen molar-refractivity contribution in [2.24, 2.45) is 5.73 Å². The minimum absolute atomic E-state index is 0.212. The summed E-state index contributed by atoms with van der Waals surface area (Å²) >= 11 is 1.83. The molecule has 1 aromatic carbocycles. The molecule has 27 heavy (non-hydrogen) atoms. The Kier molecular flexibility index (Phi) is 6.40. The smallest absolute Gasteiger partial charge is 0.288 e. The van der Waals surface area contributed by atoms with Crippen LogP contribution in [0.2, 0.25) is 0 Å². The van der Waals surface area contributed by atoms with Crippen molar-refractivity contribution in [2.75, 3.05) is 5.75 Å². The van der Waals surface area contributed by atoms with Crippen LogP contribution < -0.4 is 5.73 Å². The van der Waals surface area contributed by atoms with Gasteiger partial charge >= 0.3 is 0 Å². The van der Waals surface area contributed by atoms with Gasteiger partial charge in [-0.3, -0.25) is 14.3 Å². The van der Waals surface area contributed by atoms with Gasteiger partial charge in [0.2, 0.25) is 5.91 Å². The third-order valence-electron chi connectivity index (χ3n) is 3.45. The van der Waals surface area contributed by atoms with Gasteiger partial charge in [-0.05, 0) is 36.4 Å². The first-order valence-electron chi connectivity index (χ1n) is 7.87. The van der Waals surface area contributed by atoms with Crippen molar-refractivity contribution in [3.8, 4) is 17.1 Å². The number of pyridine rings is 1. The third-order valence-corrected chi connectivity index (χ3v) is 5.11. The van der Waals surface area contributed by atoms with Crippen LogP contribution in [0.5, 0.6) is 0 Å². The zero-order valence-electron chi connectivity index (χ0n) is 14.0. The number of alkyl halides is 2. The lowest BCUT2D eigenvalue weighted by Crippen LogP contribution is -2.11. The highest BCUT2D eigenvalue weighted by Crippen LogP contribution is 2.30. The molecule has 2 N–H and O–H groups in total. The van der Waals surface area contributed by atoms with E-state index in [0.717, 1.165) is 11.3 Å². The molecule has 0 saturated heterocycles. The molecule has 0 aliphatic rings. The SMILES string of the molecule is NC(=O)CCSc1nnc(-c2cccnc2)n1-c1ccc(SC(F)F)cc1. The lowest BCUT2D eigenvalue weighted by Gasteiger charge is -2.11. The molecule has 0 unspecified atom stereocenters. The van der Waals surface area contributed by atoms with Gasteiger partial charge in [0, 0.05) is 40.7 Å². The monoisotopic (exact) mass is 407 g/mol. The average molecular weight is 407 g/mol. The van der Waals surface area contributed by atoms with Crippen molar-refractivity contribution in [1.82, 2.24) is 19.7 Å². The summed E-state index contributed by atoms with van der Waals surface area (Å²) in [5, 5.41) is 9.02. The molecule has 0 atom stereocenters. The van der Waals surface area contributed by atoms with Gasteiger partial charge in [0.15, 0.2) is 11.0 Å². The molecule has 0 radical (unpaired) electrons. The maximum atomic E-state index is 12.5. The molecular formula is C17H15F2N5OS2. The fraction of sp³-hybridized carbons (Fsp3) is 0.176. The second-order valence-corrected chi connectivity index (χ2v) is 7.45. The number of hydrogen-bond donors (Lipinski definition) is 1. The predicted molar refractivity (Wildman–Crippen MR) is 101 cm³/mol. The van der Waals surface area contributed by atoms with Crippen molar-refractivity contribution < 1.29 is 13.6 Å². The van der Waals surface area contributed by atoms with Gasteiger partial charge in [-0.25, -0.2) is 0 Å². The number of primary amides is 1. The average Bonchev–Trinajstić information content (AvgIpc) is 3.06. The summed E-state index contributed by atoms with van der Waals surface area (Å²) in [6.45, 7) is 0. The van der Waals surface area contributed by atoms with Gasteiger partial charge in [-0.1, -0.05) is 23.5 Å². The number of carbonyl (C=O) groups excluding carboxylic acids is 1. The zero-order chi connectivity index (χ0) is 19.2. The number of nitrogens with zero attached hydrogens (tertiary/aromatic N) is 4. The lowest BCUT2D eigenvalue weighted by atomic mass is 10.2. The maximum Gasteiger partial charge on any atom is 0.288 e. The molecule has 0 saturated carbocycles. The van der Waals surface area contributed by atoms with Crippen LogP contribution in [0.3, 0.4) is 0 Å². The summed E-state index contributed by atoms with van der Waals surface area (Å²) in [7, 11) is 0. The molecule has 0 bridgehead atoms. The van der Waals surface area contributed by atoms with Crippen molar-refractivity contribution in [2.45, 2.75) is 22.2 Å². The summed E-state index contributed by atoms with van der Waals surface area (Å²) in [5.74, 6) is -1.84. The normalized spacial score (nSPS) is 11.1. The van der Waals surface area contributed by atoms with Crippen LogP contribution in [0.4, 0.5) is 8.78 Å². The predicted octanol–water partition coefficient (Wildman–Crippen LogP) is 3.61. The summed E-state index contributed by atoms with van der Waals surface area (Å²) in [6.07, 6.45) is 3.53. The van der Waals surface area contributed by atoms with Gasteiger partial charge in [-0.15, -0.1) is 10.2 Å².